The van der Waals surface area contributed by atoms with Gasteiger partial charge in [-0.15, -0.1) is 0 Å². The predicted octanol–water partition coefficient (Wildman–Crippen LogP) is 2.59. The molecular weight excluding hydrogens is 227 g/mol. The highest BCUT2D eigenvalue weighted by Crippen LogP contribution is 2.22. The minimum atomic E-state index is -1.99. The summed E-state index contributed by atoms with van der Waals surface area (Å²) in [4.78, 5) is 21.4. The Morgan fingerprint density at radius 2 is 2.06 bits per heavy atom. The molecule has 0 spiro atoms. The molecule has 1 amide bonds. The molecular formula is C11H13FN2O3. The van der Waals surface area contributed by atoms with E-state index >= 15 is 0 Å². The monoisotopic (exact) mass is 240 g/mol. The molecule has 1 aromatic rings. The summed E-state index contributed by atoms with van der Waals surface area (Å²) in [7, 11) is 0. The van der Waals surface area contributed by atoms with Gasteiger partial charge in [-0.2, -0.15) is 0 Å². The van der Waals surface area contributed by atoms with Crippen LogP contribution < -0.4 is 5.32 Å². The number of alkyl halides is 1. The number of benzene rings is 1. The van der Waals surface area contributed by atoms with Crippen molar-refractivity contribution in [2.75, 3.05) is 5.32 Å². The van der Waals surface area contributed by atoms with Gasteiger partial charge in [-0.05, 0) is 32.9 Å². The van der Waals surface area contributed by atoms with Crippen LogP contribution in [-0.2, 0) is 4.79 Å². The number of hydrogen-bond donors (Lipinski definition) is 1. The minimum Gasteiger partial charge on any atom is -0.323 e. The van der Waals surface area contributed by atoms with Crippen LogP contribution >= 0.6 is 0 Å². The van der Waals surface area contributed by atoms with Gasteiger partial charge >= 0.3 is 0 Å². The first-order chi connectivity index (χ1) is 7.71. The number of carbonyl (C=O) groups is 1. The number of halogens is 1. The third kappa shape index (κ3) is 3.24. The van der Waals surface area contributed by atoms with E-state index in [0.29, 0.717) is 11.3 Å². The van der Waals surface area contributed by atoms with Crippen LogP contribution in [0.3, 0.4) is 0 Å². The van der Waals surface area contributed by atoms with Gasteiger partial charge in [0.1, 0.15) is 0 Å². The summed E-state index contributed by atoms with van der Waals surface area (Å²) in [5, 5.41) is 12.9. The van der Waals surface area contributed by atoms with Crippen molar-refractivity contribution in [3.8, 4) is 0 Å². The molecule has 5 nitrogen and oxygen atoms in total. The van der Waals surface area contributed by atoms with Crippen LogP contribution in [0, 0.1) is 17.0 Å². The maximum absolute atomic E-state index is 13.3. The van der Waals surface area contributed by atoms with Gasteiger partial charge < -0.3 is 5.32 Å². The molecule has 17 heavy (non-hydrogen) atoms. The Kier molecular flexibility index (Phi) is 3.45. The lowest BCUT2D eigenvalue weighted by atomic mass is 10.1. The lowest BCUT2D eigenvalue weighted by Crippen LogP contribution is -2.32. The second-order valence-corrected chi connectivity index (χ2v) is 4.18. The molecule has 0 saturated heterocycles. The molecule has 0 aromatic heterocycles. The number of anilines is 1. The Labute approximate surface area is 97.8 Å². The Hall–Kier alpha value is -1.98. The molecule has 0 saturated carbocycles. The molecule has 0 atom stereocenters. The van der Waals surface area contributed by atoms with Gasteiger partial charge in [0, 0.05) is 17.3 Å². The van der Waals surface area contributed by atoms with Crippen molar-refractivity contribution in [1.29, 1.82) is 0 Å². The van der Waals surface area contributed by atoms with Gasteiger partial charge in [0.15, 0.2) is 5.67 Å². The fourth-order valence-electron chi connectivity index (χ4n) is 1.22. The highest BCUT2D eigenvalue weighted by Gasteiger charge is 2.26. The molecule has 0 heterocycles. The zero-order valence-electron chi connectivity index (χ0n) is 9.78. The molecule has 1 N–H and O–H groups in total. The van der Waals surface area contributed by atoms with Gasteiger partial charge in [0.25, 0.3) is 11.6 Å². The van der Waals surface area contributed by atoms with Crippen LogP contribution in [0.2, 0.25) is 0 Å². The number of carbonyl (C=O) groups excluding carboxylic acids is 1. The van der Waals surface area contributed by atoms with E-state index < -0.39 is 16.5 Å². The van der Waals surface area contributed by atoms with Crippen molar-refractivity contribution < 1.29 is 14.1 Å². The smallest absolute Gasteiger partial charge is 0.272 e. The molecule has 0 aliphatic carbocycles. The summed E-state index contributed by atoms with van der Waals surface area (Å²) in [6, 6.07) is 4.08. The number of nitro groups is 1. The molecule has 0 bridgehead atoms. The van der Waals surface area contributed by atoms with Crippen molar-refractivity contribution in [3.05, 3.63) is 33.9 Å². The highest BCUT2D eigenvalue weighted by molar-refractivity contribution is 5.96. The van der Waals surface area contributed by atoms with Gasteiger partial charge in [-0.25, -0.2) is 4.39 Å². The Morgan fingerprint density at radius 3 is 2.47 bits per heavy atom. The topological polar surface area (TPSA) is 72.2 Å². The summed E-state index contributed by atoms with van der Waals surface area (Å²) in [5.74, 6) is -0.786. The van der Waals surface area contributed by atoms with Crippen LogP contribution in [0.25, 0.3) is 0 Å². The molecule has 92 valence electrons. The Morgan fingerprint density at radius 1 is 1.47 bits per heavy atom. The summed E-state index contributed by atoms with van der Waals surface area (Å²) >= 11 is 0. The number of nitrogens with zero attached hydrogens (tertiary/aromatic N) is 1. The molecule has 0 fully saturated rings. The fourth-order valence-corrected chi connectivity index (χ4v) is 1.22. The third-order valence-electron chi connectivity index (χ3n) is 2.19. The Balaban J connectivity index is 2.92. The molecule has 0 radical (unpaired) electrons. The van der Waals surface area contributed by atoms with Gasteiger partial charge in [0.2, 0.25) is 0 Å². The van der Waals surface area contributed by atoms with Gasteiger partial charge in [-0.1, -0.05) is 0 Å². The van der Waals surface area contributed by atoms with E-state index in [0.717, 1.165) is 13.8 Å². The molecule has 0 aliphatic heterocycles. The maximum atomic E-state index is 13.3. The first-order valence-electron chi connectivity index (χ1n) is 4.97. The van der Waals surface area contributed by atoms with Crippen molar-refractivity contribution in [1.82, 2.24) is 0 Å². The van der Waals surface area contributed by atoms with E-state index in [4.69, 9.17) is 0 Å². The summed E-state index contributed by atoms with van der Waals surface area (Å²) in [6.45, 7) is 3.83. The van der Waals surface area contributed by atoms with E-state index in [1.165, 1.54) is 18.2 Å². The molecule has 1 rings (SSSR count). The zero-order valence-corrected chi connectivity index (χ0v) is 9.78. The van der Waals surface area contributed by atoms with Crippen molar-refractivity contribution >= 4 is 17.3 Å². The van der Waals surface area contributed by atoms with E-state index in [2.05, 4.69) is 5.32 Å². The lowest BCUT2D eigenvalue weighted by Gasteiger charge is -2.14. The summed E-state index contributed by atoms with van der Waals surface area (Å²) in [5.41, 5.74) is -1.29. The number of amides is 1. The molecule has 6 heteroatoms. The number of rotatable bonds is 3. The van der Waals surface area contributed by atoms with Crippen LogP contribution in [0.1, 0.15) is 19.4 Å². The van der Waals surface area contributed by atoms with E-state index in [1.807, 2.05) is 0 Å². The van der Waals surface area contributed by atoms with Gasteiger partial charge in [0.05, 0.1) is 4.92 Å². The summed E-state index contributed by atoms with van der Waals surface area (Å²) in [6.07, 6.45) is 0. The molecule has 0 unspecified atom stereocenters. The largest absolute Gasteiger partial charge is 0.323 e. The van der Waals surface area contributed by atoms with Crippen molar-refractivity contribution in [3.63, 3.8) is 0 Å². The van der Waals surface area contributed by atoms with Crippen LogP contribution in [0.5, 0.6) is 0 Å². The van der Waals surface area contributed by atoms with Gasteiger partial charge in [-0.3, -0.25) is 14.9 Å². The molecule has 0 aliphatic rings. The summed E-state index contributed by atoms with van der Waals surface area (Å²) < 4.78 is 13.3. The number of nitro benzene ring substituents is 1. The van der Waals surface area contributed by atoms with E-state index in [1.54, 1.807) is 6.92 Å². The SMILES string of the molecule is Cc1cc(NC(=O)C(C)(C)F)ccc1[N+](=O)[O-]. The second-order valence-electron chi connectivity index (χ2n) is 4.18. The first kappa shape index (κ1) is 13.1. The Bertz CT molecular complexity index is 466. The fraction of sp³-hybridized carbons (Fsp3) is 0.364. The predicted molar refractivity (Wildman–Crippen MR) is 61.7 cm³/mol. The normalized spacial score (nSPS) is 11.1. The van der Waals surface area contributed by atoms with Crippen molar-refractivity contribution in [2.45, 2.75) is 26.4 Å². The first-order valence-corrected chi connectivity index (χ1v) is 4.97. The van der Waals surface area contributed by atoms with Crippen LogP contribution in [-0.4, -0.2) is 16.5 Å². The lowest BCUT2D eigenvalue weighted by molar-refractivity contribution is -0.385. The number of aryl methyl sites for hydroxylation is 1. The average Bonchev–Trinajstić information content (AvgIpc) is 2.15. The zero-order chi connectivity index (χ0) is 13.2. The minimum absolute atomic E-state index is 0.0393. The molecule has 1 aromatic carbocycles. The highest BCUT2D eigenvalue weighted by atomic mass is 19.1. The average molecular weight is 240 g/mol. The number of hydrogen-bond acceptors (Lipinski definition) is 3. The van der Waals surface area contributed by atoms with Crippen LogP contribution in [0.4, 0.5) is 15.8 Å². The third-order valence-corrected chi connectivity index (χ3v) is 2.19. The van der Waals surface area contributed by atoms with E-state index in [-0.39, 0.29) is 5.69 Å². The van der Waals surface area contributed by atoms with Crippen LogP contribution in [0.15, 0.2) is 18.2 Å². The van der Waals surface area contributed by atoms with E-state index in [9.17, 15) is 19.3 Å². The maximum Gasteiger partial charge on any atom is 0.272 e. The van der Waals surface area contributed by atoms with Crippen molar-refractivity contribution in [2.24, 2.45) is 0 Å². The standard InChI is InChI=1S/C11H13FN2O3/c1-7-6-8(4-5-9(7)14(16)17)13-10(15)11(2,3)12/h4-6H,1-3H3,(H,13,15). The number of nitrogens with one attached hydrogen (secondary N) is 1. The second kappa shape index (κ2) is 4.48. The quantitative estimate of drug-likeness (QED) is 0.652.